The summed E-state index contributed by atoms with van der Waals surface area (Å²) < 4.78 is 0. The van der Waals surface area contributed by atoms with Crippen LogP contribution in [0.15, 0.2) is 54.9 Å². The third kappa shape index (κ3) is 4.07. The van der Waals surface area contributed by atoms with Crippen LogP contribution in [-0.4, -0.2) is 15.9 Å². The van der Waals surface area contributed by atoms with E-state index in [1.54, 1.807) is 18.2 Å². The number of anilines is 3. The Bertz CT molecular complexity index is 913. The normalized spacial score (nSPS) is 10.4. The minimum absolute atomic E-state index is 0.288. The van der Waals surface area contributed by atoms with Crippen molar-refractivity contribution in [2.75, 3.05) is 10.6 Å². The first kappa shape index (κ1) is 17.2. The highest BCUT2D eigenvalue weighted by Gasteiger charge is 2.11. The van der Waals surface area contributed by atoms with E-state index in [9.17, 15) is 4.79 Å². The van der Waals surface area contributed by atoms with E-state index < -0.39 is 0 Å². The van der Waals surface area contributed by atoms with Gasteiger partial charge in [0.25, 0.3) is 5.91 Å². The largest absolute Gasteiger partial charge is 0.324 e. The van der Waals surface area contributed by atoms with Gasteiger partial charge in [0, 0.05) is 18.1 Å². The summed E-state index contributed by atoms with van der Waals surface area (Å²) in [5.41, 5.74) is 2.72. The second-order valence-corrected chi connectivity index (χ2v) is 6.08. The number of benzene rings is 2. The van der Waals surface area contributed by atoms with Crippen molar-refractivity contribution in [3.63, 3.8) is 0 Å². The van der Waals surface area contributed by atoms with E-state index in [0.29, 0.717) is 22.2 Å². The van der Waals surface area contributed by atoms with E-state index in [1.165, 1.54) is 12.4 Å². The molecule has 2 aromatic carbocycles. The molecule has 0 atom stereocenters. The van der Waals surface area contributed by atoms with Gasteiger partial charge in [0.1, 0.15) is 0 Å². The molecule has 1 amide bonds. The van der Waals surface area contributed by atoms with Gasteiger partial charge < -0.3 is 10.6 Å². The monoisotopic (exact) mass is 372 g/mol. The summed E-state index contributed by atoms with van der Waals surface area (Å²) in [6, 6.07) is 12.8. The number of halogens is 2. The van der Waals surface area contributed by atoms with Gasteiger partial charge in [-0.3, -0.25) is 4.79 Å². The number of rotatable bonds is 4. The second-order valence-electron chi connectivity index (χ2n) is 5.29. The minimum atomic E-state index is -0.369. The van der Waals surface area contributed by atoms with Gasteiger partial charge in [-0.15, -0.1) is 0 Å². The molecule has 2 N–H and O–H groups in total. The molecule has 0 saturated heterocycles. The van der Waals surface area contributed by atoms with Crippen molar-refractivity contribution in [3.8, 4) is 0 Å². The molecule has 7 heteroatoms. The van der Waals surface area contributed by atoms with Gasteiger partial charge in [-0.05, 0) is 30.7 Å². The average molecular weight is 373 g/mol. The molecule has 3 aromatic rings. The van der Waals surface area contributed by atoms with Crippen LogP contribution in [0.1, 0.15) is 15.9 Å². The lowest BCUT2D eigenvalue weighted by molar-refractivity contribution is 0.102. The van der Waals surface area contributed by atoms with Crippen molar-refractivity contribution in [2.24, 2.45) is 0 Å². The average Bonchev–Trinajstić information content (AvgIpc) is 2.61. The minimum Gasteiger partial charge on any atom is -0.324 e. The van der Waals surface area contributed by atoms with Crippen molar-refractivity contribution >= 4 is 46.4 Å². The van der Waals surface area contributed by atoms with Gasteiger partial charge in [0.05, 0.1) is 21.3 Å². The molecule has 0 aliphatic rings. The van der Waals surface area contributed by atoms with Crippen molar-refractivity contribution < 1.29 is 4.79 Å². The SMILES string of the molecule is Cc1ccccc1Nc1ncc(C(=O)Nc2cccc(Cl)c2Cl)cn1. The lowest BCUT2D eigenvalue weighted by atomic mass is 10.2. The Kier molecular flexibility index (Phi) is 5.16. The van der Waals surface area contributed by atoms with Crippen LogP contribution in [0, 0.1) is 6.92 Å². The van der Waals surface area contributed by atoms with Crippen molar-refractivity contribution in [1.29, 1.82) is 0 Å². The van der Waals surface area contributed by atoms with Crippen LogP contribution in [0.25, 0.3) is 0 Å². The summed E-state index contributed by atoms with van der Waals surface area (Å²) in [5, 5.41) is 6.46. The zero-order valence-corrected chi connectivity index (χ0v) is 14.8. The maximum Gasteiger partial charge on any atom is 0.258 e. The highest BCUT2D eigenvalue weighted by molar-refractivity contribution is 6.44. The molecular formula is C18H14Cl2N4O. The summed E-state index contributed by atoms with van der Waals surface area (Å²) in [7, 11) is 0. The van der Waals surface area contributed by atoms with Crippen LogP contribution in [0.3, 0.4) is 0 Å². The van der Waals surface area contributed by atoms with Gasteiger partial charge in [-0.1, -0.05) is 47.5 Å². The van der Waals surface area contributed by atoms with Crippen LogP contribution in [-0.2, 0) is 0 Å². The van der Waals surface area contributed by atoms with Crippen LogP contribution in [0.2, 0.25) is 10.0 Å². The molecule has 3 rings (SSSR count). The second kappa shape index (κ2) is 7.51. The first-order chi connectivity index (χ1) is 12.0. The van der Waals surface area contributed by atoms with Gasteiger partial charge in [-0.2, -0.15) is 0 Å². The van der Waals surface area contributed by atoms with E-state index >= 15 is 0 Å². The van der Waals surface area contributed by atoms with Crippen molar-refractivity contribution in [1.82, 2.24) is 9.97 Å². The molecule has 1 aromatic heterocycles. The van der Waals surface area contributed by atoms with E-state index in [0.717, 1.165) is 11.3 Å². The fourth-order valence-electron chi connectivity index (χ4n) is 2.14. The fourth-order valence-corrected chi connectivity index (χ4v) is 2.49. The molecule has 1 heterocycles. The van der Waals surface area contributed by atoms with Crippen LogP contribution in [0.4, 0.5) is 17.3 Å². The summed E-state index contributed by atoms with van der Waals surface area (Å²) in [4.78, 5) is 20.6. The number of carbonyl (C=O) groups is 1. The molecule has 5 nitrogen and oxygen atoms in total. The summed E-state index contributed by atoms with van der Waals surface area (Å²) >= 11 is 12.0. The predicted molar refractivity (Wildman–Crippen MR) is 101 cm³/mol. The molecular weight excluding hydrogens is 359 g/mol. The fraction of sp³-hybridized carbons (Fsp3) is 0.0556. The van der Waals surface area contributed by atoms with Crippen molar-refractivity contribution in [3.05, 3.63) is 76.0 Å². The topological polar surface area (TPSA) is 66.9 Å². The number of nitrogens with zero attached hydrogens (tertiary/aromatic N) is 2. The molecule has 0 fully saturated rings. The smallest absolute Gasteiger partial charge is 0.258 e. The molecule has 0 bridgehead atoms. The van der Waals surface area contributed by atoms with Gasteiger partial charge in [0.2, 0.25) is 5.95 Å². The van der Waals surface area contributed by atoms with Gasteiger partial charge in [-0.25, -0.2) is 9.97 Å². The molecule has 0 aliphatic heterocycles. The van der Waals surface area contributed by atoms with Crippen LogP contribution >= 0.6 is 23.2 Å². The van der Waals surface area contributed by atoms with E-state index in [2.05, 4.69) is 20.6 Å². The molecule has 25 heavy (non-hydrogen) atoms. The summed E-state index contributed by atoms with van der Waals surface area (Å²) in [5.74, 6) is 0.0400. The number of hydrogen-bond acceptors (Lipinski definition) is 4. The quantitative estimate of drug-likeness (QED) is 0.669. The standard InChI is InChI=1S/C18H14Cl2N4O/c1-11-5-2-3-7-14(11)24-18-21-9-12(10-22-18)17(25)23-15-8-4-6-13(19)16(15)20/h2-10H,1H3,(H,23,25)(H,21,22,24). The highest BCUT2D eigenvalue weighted by atomic mass is 35.5. The molecule has 0 saturated carbocycles. The third-order valence-corrected chi connectivity index (χ3v) is 4.32. The Morgan fingerprint density at radius 2 is 1.64 bits per heavy atom. The first-order valence-electron chi connectivity index (χ1n) is 7.44. The summed E-state index contributed by atoms with van der Waals surface area (Å²) in [6.45, 7) is 1.99. The first-order valence-corrected chi connectivity index (χ1v) is 8.20. The zero-order valence-electron chi connectivity index (χ0n) is 13.3. The molecule has 0 unspecified atom stereocenters. The van der Waals surface area contributed by atoms with Crippen molar-refractivity contribution in [2.45, 2.75) is 6.92 Å². The van der Waals surface area contributed by atoms with E-state index in [1.807, 2.05) is 31.2 Å². The number of amides is 1. The Morgan fingerprint density at radius 3 is 2.36 bits per heavy atom. The van der Waals surface area contributed by atoms with Crippen LogP contribution in [0.5, 0.6) is 0 Å². The Labute approximate surface area is 155 Å². The predicted octanol–water partition coefficient (Wildman–Crippen LogP) is 5.09. The lowest BCUT2D eigenvalue weighted by Crippen LogP contribution is -2.13. The van der Waals surface area contributed by atoms with Crippen LogP contribution < -0.4 is 10.6 Å². The molecule has 0 aliphatic carbocycles. The maximum absolute atomic E-state index is 12.3. The number of nitrogens with one attached hydrogen (secondary N) is 2. The lowest BCUT2D eigenvalue weighted by Gasteiger charge is -2.09. The Balaban J connectivity index is 1.72. The summed E-state index contributed by atoms with van der Waals surface area (Å²) in [6.07, 6.45) is 2.89. The number of para-hydroxylation sites is 1. The molecule has 126 valence electrons. The number of hydrogen-bond donors (Lipinski definition) is 2. The number of aromatic nitrogens is 2. The van der Waals surface area contributed by atoms with E-state index in [-0.39, 0.29) is 10.9 Å². The Hall–Kier alpha value is -2.63. The van der Waals surface area contributed by atoms with E-state index in [4.69, 9.17) is 23.2 Å². The molecule has 0 radical (unpaired) electrons. The van der Waals surface area contributed by atoms with Gasteiger partial charge in [0.15, 0.2) is 0 Å². The zero-order chi connectivity index (χ0) is 17.8. The number of carbonyl (C=O) groups excluding carboxylic acids is 1. The van der Waals surface area contributed by atoms with Gasteiger partial charge >= 0.3 is 0 Å². The molecule has 0 spiro atoms. The highest BCUT2D eigenvalue weighted by Crippen LogP contribution is 2.29. The number of aryl methyl sites for hydroxylation is 1. The Morgan fingerprint density at radius 1 is 0.960 bits per heavy atom. The third-order valence-electron chi connectivity index (χ3n) is 3.51. The maximum atomic E-state index is 12.3.